The molecule has 5 nitrogen and oxygen atoms in total. The molecule has 7 heteroatoms. The predicted molar refractivity (Wildman–Crippen MR) is 75.1 cm³/mol. The minimum absolute atomic E-state index is 0.0318. The maximum Gasteiger partial charge on any atom is 0.323 e. The van der Waals surface area contributed by atoms with Gasteiger partial charge >= 0.3 is 12.0 Å². The van der Waals surface area contributed by atoms with E-state index < -0.39 is 17.8 Å². The molecule has 0 radical (unpaired) electrons. The molecule has 1 aliphatic rings. The molecule has 0 aliphatic heterocycles. The van der Waals surface area contributed by atoms with Gasteiger partial charge in [0.2, 0.25) is 0 Å². The number of halogens is 2. The summed E-state index contributed by atoms with van der Waals surface area (Å²) in [4.78, 5) is 24.0. The van der Waals surface area contributed by atoms with Crippen LogP contribution in [0, 0.1) is 11.7 Å². The lowest BCUT2D eigenvalue weighted by Gasteiger charge is -2.21. The summed E-state index contributed by atoms with van der Waals surface area (Å²) >= 11 is 3.12. The van der Waals surface area contributed by atoms with Gasteiger partial charge in [-0.1, -0.05) is 15.9 Å². The number of urea groups is 1. The van der Waals surface area contributed by atoms with E-state index in [4.69, 9.17) is 5.11 Å². The first kappa shape index (κ1) is 14.8. The minimum atomic E-state index is -1.09. The Morgan fingerprint density at radius 1 is 1.45 bits per heavy atom. The summed E-state index contributed by atoms with van der Waals surface area (Å²) in [6.07, 6.45) is 1.99. The molecule has 2 rings (SSSR count). The van der Waals surface area contributed by atoms with Crippen molar-refractivity contribution in [1.82, 2.24) is 4.90 Å². The second-order valence-electron chi connectivity index (χ2n) is 4.77. The van der Waals surface area contributed by atoms with Gasteiger partial charge in [0.15, 0.2) is 0 Å². The first-order chi connectivity index (χ1) is 9.45. The number of carbonyl (C=O) groups excluding carboxylic acids is 1. The molecule has 2 N–H and O–H groups in total. The monoisotopic (exact) mass is 344 g/mol. The van der Waals surface area contributed by atoms with Gasteiger partial charge in [0, 0.05) is 11.0 Å². The summed E-state index contributed by atoms with van der Waals surface area (Å²) in [5, 5.41) is 11.2. The van der Waals surface area contributed by atoms with E-state index in [0.29, 0.717) is 16.9 Å². The third kappa shape index (κ3) is 4.19. The third-order valence-electron chi connectivity index (χ3n) is 2.96. The smallest absolute Gasteiger partial charge is 0.323 e. The molecule has 0 spiro atoms. The number of aliphatic carboxylic acids is 1. The van der Waals surface area contributed by atoms with Crippen molar-refractivity contribution >= 4 is 33.6 Å². The third-order valence-corrected chi connectivity index (χ3v) is 3.45. The van der Waals surface area contributed by atoms with Crippen LogP contribution >= 0.6 is 15.9 Å². The molecule has 0 saturated heterocycles. The summed E-state index contributed by atoms with van der Waals surface area (Å²) in [5.74, 6) is -1.30. The Bertz CT molecular complexity index is 534. The summed E-state index contributed by atoms with van der Waals surface area (Å²) in [5.41, 5.74) is 0.0318. The Morgan fingerprint density at radius 3 is 2.70 bits per heavy atom. The van der Waals surface area contributed by atoms with Gasteiger partial charge in [-0.3, -0.25) is 4.79 Å². The Morgan fingerprint density at radius 2 is 2.15 bits per heavy atom. The number of nitrogens with zero attached hydrogens (tertiary/aromatic N) is 1. The molecule has 20 heavy (non-hydrogen) atoms. The lowest BCUT2D eigenvalue weighted by atomic mass is 10.3. The quantitative estimate of drug-likeness (QED) is 0.862. The highest BCUT2D eigenvalue weighted by Crippen LogP contribution is 2.30. The average Bonchev–Trinajstić information content (AvgIpc) is 3.15. The largest absolute Gasteiger partial charge is 0.480 e. The first-order valence-corrected chi connectivity index (χ1v) is 6.98. The number of anilines is 1. The van der Waals surface area contributed by atoms with Crippen molar-refractivity contribution in [3.05, 3.63) is 28.5 Å². The summed E-state index contributed by atoms with van der Waals surface area (Å²) in [6.45, 7) is -0.00321. The zero-order chi connectivity index (χ0) is 14.7. The van der Waals surface area contributed by atoms with Gasteiger partial charge in [-0.25, -0.2) is 9.18 Å². The number of nitrogens with one attached hydrogen (secondary N) is 1. The standard InChI is InChI=1S/C13H14BrFN2O3/c14-9-3-4-11(10(15)5-9)16-13(20)17(7-12(18)19)6-8-1-2-8/h3-5,8H,1-2,6-7H2,(H,16,20)(H,18,19). The van der Waals surface area contributed by atoms with E-state index in [1.807, 2.05) is 0 Å². The Labute approximate surface area is 123 Å². The maximum atomic E-state index is 13.6. The number of carbonyl (C=O) groups is 2. The molecule has 108 valence electrons. The summed E-state index contributed by atoms with van der Waals surface area (Å²) < 4.78 is 14.2. The number of hydrogen-bond acceptors (Lipinski definition) is 2. The van der Waals surface area contributed by atoms with Gasteiger partial charge in [0.05, 0.1) is 5.69 Å². The fraction of sp³-hybridized carbons (Fsp3) is 0.385. The van der Waals surface area contributed by atoms with Crippen LogP contribution in [0.3, 0.4) is 0 Å². The molecule has 1 saturated carbocycles. The fourth-order valence-electron chi connectivity index (χ4n) is 1.78. The van der Waals surface area contributed by atoms with E-state index in [-0.39, 0.29) is 12.2 Å². The van der Waals surface area contributed by atoms with Crippen molar-refractivity contribution in [2.45, 2.75) is 12.8 Å². The molecule has 1 aromatic rings. The number of amides is 2. The van der Waals surface area contributed by atoms with Crippen molar-refractivity contribution in [2.75, 3.05) is 18.4 Å². The summed E-state index contributed by atoms with van der Waals surface area (Å²) in [7, 11) is 0. The minimum Gasteiger partial charge on any atom is -0.480 e. The van der Waals surface area contributed by atoms with Crippen LogP contribution in [0.2, 0.25) is 0 Å². The van der Waals surface area contributed by atoms with E-state index in [2.05, 4.69) is 21.2 Å². The molecule has 1 fully saturated rings. The lowest BCUT2D eigenvalue weighted by Crippen LogP contribution is -2.40. The second-order valence-corrected chi connectivity index (χ2v) is 5.69. The van der Waals surface area contributed by atoms with Gasteiger partial charge in [-0.2, -0.15) is 0 Å². The lowest BCUT2D eigenvalue weighted by molar-refractivity contribution is -0.137. The maximum absolute atomic E-state index is 13.6. The van der Waals surface area contributed by atoms with Crippen LogP contribution in [0.15, 0.2) is 22.7 Å². The van der Waals surface area contributed by atoms with Crippen molar-refractivity contribution < 1.29 is 19.1 Å². The van der Waals surface area contributed by atoms with Gasteiger partial charge in [0.25, 0.3) is 0 Å². The molecule has 0 bridgehead atoms. The molecule has 1 aromatic carbocycles. The topological polar surface area (TPSA) is 69.6 Å². The van der Waals surface area contributed by atoms with Crippen LogP contribution in [0.25, 0.3) is 0 Å². The molecule has 1 aliphatic carbocycles. The summed E-state index contributed by atoms with van der Waals surface area (Å²) in [6, 6.07) is 3.66. The predicted octanol–water partition coefficient (Wildman–Crippen LogP) is 2.92. The van der Waals surface area contributed by atoms with Crippen LogP contribution in [-0.4, -0.2) is 35.1 Å². The number of rotatable bonds is 5. The zero-order valence-corrected chi connectivity index (χ0v) is 12.2. The number of benzene rings is 1. The van der Waals surface area contributed by atoms with Crippen LogP contribution < -0.4 is 5.32 Å². The van der Waals surface area contributed by atoms with Crippen molar-refractivity contribution in [2.24, 2.45) is 5.92 Å². The van der Waals surface area contributed by atoms with Gasteiger partial charge < -0.3 is 15.3 Å². The Hall–Kier alpha value is -1.63. The number of hydrogen-bond donors (Lipinski definition) is 2. The van der Waals surface area contributed by atoms with Gasteiger partial charge in [-0.15, -0.1) is 0 Å². The fourth-order valence-corrected chi connectivity index (χ4v) is 2.11. The van der Waals surface area contributed by atoms with Crippen molar-refractivity contribution in [1.29, 1.82) is 0 Å². The van der Waals surface area contributed by atoms with Crippen LogP contribution in [0.4, 0.5) is 14.9 Å². The SMILES string of the molecule is O=C(O)CN(CC1CC1)C(=O)Nc1ccc(Br)cc1F. The number of carboxylic acids is 1. The Balaban J connectivity index is 2.04. The Kier molecular flexibility index (Phi) is 4.59. The highest BCUT2D eigenvalue weighted by molar-refractivity contribution is 9.10. The average molecular weight is 345 g/mol. The van der Waals surface area contributed by atoms with Crippen LogP contribution in [0.5, 0.6) is 0 Å². The van der Waals surface area contributed by atoms with E-state index >= 15 is 0 Å². The molecule has 0 atom stereocenters. The molecule has 2 amide bonds. The van der Waals surface area contributed by atoms with Crippen LogP contribution in [-0.2, 0) is 4.79 Å². The molecule has 0 unspecified atom stereocenters. The molecule has 0 heterocycles. The highest BCUT2D eigenvalue weighted by Gasteiger charge is 2.28. The van der Waals surface area contributed by atoms with Crippen molar-refractivity contribution in [3.63, 3.8) is 0 Å². The number of carboxylic acid groups (broad SMARTS) is 1. The van der Waals surface area contributed by atoms with E-state index in [9.17, 15) is 14.0 Å². The van der Waals surface area contributed by atoms with Crippen molar-refractivity contribution in [3.8, 4) is 0 Å². The second kappa shape index (κ2) is 6.21. The zero-order valence-electron chi connectivity index (χ0n) is 10.6. The normalized spacial score (nSPS) is 13.9. The molecular formula is C13H14BrFN2O3. The van der Waals surface area contributed by atoms with Gasteiger partial charge in [0.1, 0.15) is 12.4 Å². The highest BCUT2D eigenvalue weighted by atomic mass is 79.9. The van der Waals surface area contributed by atoms with Gasteiger partial charge in [-0.05, 0) is 37.0 Å². The first-order valence-electron chi connectivity index (χ1n) is 6.18. The van der Waals surface area contributed by atoms with E-state index in [1.165, 1.54) is 17.0 Å². The van der Waals surface area contributed by atoms with E-state index in [0.717, 1.165) is 12.8 Å². The van der Waals surface area contributed by atoms with Crippen LogP contribution in [0.1, 0.15) is 12.8 Å². The molecular weight excluding hydrogens is 331 g/mol. The molecule has 0 aromatic heterocycles. The van der Waals surface area contributed by atoms with E-state index in [1.54, 1.807) is 6.07 Å².